The molecule has 0 radical (unpaired) electrons. The largest absolute Gasteiger partial charge is 0.497 e. The molecule has 2 aromatic carbocycles. The number of nitrogens with zero attached hydrogens (tertiary/aromatic N) is 1. The molecule has 0 aliphatic heterocycles. The molecular formula is C17H20N2O2. The van der Waals surface area contributed by atoms with Crippen molar-refractivity contribution in [2.24, 2.45) is 0 Å². The van der Waals surface area contributed by atoms with Crippen molar-refractivity contribution in [2.75, 3.05) is 34.4 Å². The molecule has 0 aliphatic carbocycles. The lowest BCUT2D eigenvalue weighted by molar-refractivity contribution is 0.263. The quantitative estimate of drug-likeness (QED) is 0.781. The minimum absolute atomic E-state index is 0.671. The third-order valence-electron chi connectivity index (χ3n) is 3.60. The molecule has 1 aromatic heterocycles. The lowest BCUT2D eigenvalue weighted by Gasteiger charge is -2.11. The predicted octanol–water partition coefficient (Wildman–Crippen LogP) is 3.27. The van der Waals surface area contributed by atoms with Crippen LogP contribution < -0.4 is 9.47 Å². The van der Waals surface area contributed by atoms with E-state index in [4.69, 9.17) is 9.47 Å². The molecule has 110 valence electrons. The normalized spacial score (nSPS) is 11.4. The summed E-state index contributed by atoms with van der Waals surface area (Å²) in [5, 5.41) is 2.31. The number of ether oxygens (including phenoxy) is 2. The third kappa shape index (κ3) is 2.67. The van der Waals surface area contributed by atoms with Crippen LogP contribution in [0.4, 0.5) is 0 Å². The van der Waals surface area contributed by atoms with Crippen molar-refractivity contribution in [1.29, 1.82) is 0 Å². The summed E-state index contributed by atoms with van der Waals surface area (Å²) < 4.78 is 11.2. The number of benzene rings is 2. The monoisotopic (exact) mass is 284 g/mol. The van der Waals surface area contributed by atoms with E-state index in [-0.39, 0.29) is 0 Å². The van der Waals surface area contributed by atoms with Crippen LogP contribution in [0.3, 0.4) is 0 Å². The number of para-hydroxylation sites is 1. The number of nitrogens with one attached hydrogen (secondary N) is 1. The average Bonchev–Trinajstić information content (AvgIpc) is 2.85. The van der Waals surface area contributed by atoms with E-state index in [9.17, 15) is 0 Å². The van der Waals surface area contributed by atoms with Gasteiger partial charge in [-0.2, -0.15) is 0 Å². The van der Waals surface area contributed by atoms with Gasteiger partial charge in [-0.05, 0) is 38.4 Å². The Labute approximate surface area is 124 Å². The van der Waals surface area contributed by atoms with Crippen LogP contribution in [0.15, 0.2) is 36.4 Å². The van der Waals surface area contributed by atoms with E-state index >= 15 is 0 Å². The lowest BCUT2D eigenvalue weighted by atomic mass is 10.1. The van der Waals surface area contributed by atoms with Crippen LogP contribution in [-0.2, 0) is 0 Å². The topological polar surface area (TPSA) is 37.5 Å². The van der Waals surface area contributed by atoms with Crippen molar-refractivity contribution in [2.45, 2.75) is 0 Å². The first kappa shape index (κ1) is 13.8. The van der Waals surface area contributed by atoms with Gasteiger partial charge in [-0.15, -0.1) is 0 Å². The van der Waals surface area contributed by atoms with Gasteiger partial charge in [-0.25, -0.2) is 0 Å². The highest BCUT2D eigenvalue weighted by Crippen LogP contribution is 2.33. The Morgan fingerprint density at radius 3 is 2.71 bits per heavy atom. The van der Waals surface area contributed by atoms with Gasteiger partial charge in [0.25, 0.3) is 0 Å². The molecule has 4 heteroatoms. The molecule has 3 aromatic rings. The molecule has 0 saturated heterocycles. The summed E-state index contributed by atoms with van der Waals surface area (Å²) >= 11 is 0. The van der Waals surface area contributed by atoms with Crippen molar-refractivity contribution in [3.8, 4) is 11.5 Å². The van der Waals surface area contributed by atoms with Crippen molar-refractivity contribution >= 4 is 21.8 Å². The van der Waals surface area contributed by atoms with E-state index in [0.29, 0.717) is 6.61 Å². The minimum atomic E-state index is 0.671. The van der Waals surface area contributed by atoms with Crippen LogP contribution in [0.1, 0.15) is 0 Å². The molecule has 4 nitrogen and oxygen atoms in total. The first-order valence-electron chi connectivity index (χ1n) is 7.05. The minimum Gasteiger partial charge on any atom is -0.497 e. The van der Waals surface area contributed by atoms with E-state index in [0.717, 1.165) is 39.8 Å². The second-order valence-electron chi connectivity index (χ2n) is 5.37. The molecule has 0 aliphatic rings. The number of rotatable bonds is 5. The fraction of sp³-hybridized carbons (Fsp3) is 0.294. The summed E-state index contributed by atoms with van der Waals surface area (Å²) in [5.74, 6) is 1.76. The zero-order chi connectivity index (χ0) is 14.8. The maximum atomic E-state index is 5.91. The number of methoxy groups -OCH3 is 1. The molecule has 1 N–H and O–H groups in total. The highest BCUT2D eigenvalue weighted by Gasteiger charge is 2.09. The fourth-order valence-electron chi connectivity index (χ4n) is 2.46. The number of likely N-dealkylation sites (N-methyl/N-ethyl adjacent to an activating group) is 1. The zero-order valence-electron chi connectivity index (χ0n) is 12.6. The van der Waals surface area contributed by atoms with Gasteiger partial charge in [0.2, 0.25) is 0 Å². The van der Waals surface area contributed by atoms with Crippen molar-refractivity contribution < 1.29 is 9.47 Å². The van der Waals surface area contributed by atoms with Crippen molar-refractivity contribution in [3.63, 3.8) is 0 Å². The van der Waals surface area contributed by atoms with E-state index in [1.807, 2.05) is 38.4 Å². The maximum absolute atomic E-state index is 5.91. The SMILES string of the molecule is COc1ccc2[nH]c3c(OCCN(C)C)cccc3c2c1. The van der Waals surface area contributed by atoms with E-state index in [2.05, 4.69) is 22.0 Å². The number of aromatic amines is 1. The Bertz CT molecular complexity index is 762. The standard InChI is InChI=1S/C17H20N2O2/c1-19(2)9-10-21-16-6-4-5-13-14-11-12(20-3)7-8-15(14)18-17(13)16/h4-8,11,18H,9-10H2,1-3H3. The maximum Gasteiger partial charge on any atom is 0.143 e. The molecule has 0 bridgehead atoms. The van der Waals surface area contributed by atoms with Crippen LogP contribution in [0, 0.1) is 0 Å². The molecule has 3 rings (SSSR count). The van der Waals surface area contributed by atoms with E-state index in [1.165, 1.54) is 0 Å². The molecular weight excluding hydrogens is 264 g/mol. The number of fused-ring (bicyclic) bond motifs is 3. The average molecular weight is 284 g/mol. The lowest BCUT2D eigenvalue weighted by Crippen LogP contribution is -2.19. The molecule has 0 atom stereocenters. The Balaban J connectivity index is 2.02. The summed E-state index contributed by atoms with van der Waals surface area (Å²) in [7, 11) is 5.77. The second kappa shape index (κ2) is 5.66. The van der Waals surface area contributed by atoms with Gasteiger partial charge in [0.1, 0.15) is 18.1 Å². The van der Waals surface area contributed by atoms with Gasteiger partial charge < -0.3 is 19.4 Å². The Kier molecular flexibility index (Phi) is 3.71. The highest BCUT2D eigenvalue weighted by atomic mass is 16.5. The van der Waals surface area contributed by atoms with Crippen LogP contribution in [-0.4, -0.2) is 44.2 Å². The van der Waals surface area contributed by atoms with Gasteiger partial charge >= 0.3 is 0 Å². The Morgan fingerprint density at radius 1 is 1.10 bits per heavy atom. The second-order valence-corrected chi connectivity index (χ2v) is 5.37. The Hall–Kier alpha value is -2.20. The summed E-state index contributed by atoms with van der Waals surface area (Å²) in [5.41, 5.74) is 2.13. The number of H-pyrrole nitrogens is 1. The van der Waals surface area contributed by atoms with Crippen molar-refractivity contribution in [3.05, 3.63) is 36.4 Å². The molecule has 0 unspecified atom stereocenters. The number of hydrogen-bond donors (Lipinski definition) is 1. The molecule has 0 saturated carbocycles. The van der Waals surface area contributed by atoms with Crippen LogP contribution in [0.2, 0.25) is 0 Å². The van der Waals surface area contributed by atoms with E-state index < -0.39 is 0 Å². The van der Waals surface area contributed by atoms with Gasteiger partial charge in [0.15, 0.2) is 0 Å². The summed E-state index contributed by atoms with van der Waals surface area (Å²) in [6.07, 6.45) is 0. The number of hydrogen-bond acceptors (Lipinski definition) is 3. The smallest absolute Gasteiger partial charge is 0.143 e. The summed E-state index contributed by atoms with van der Waals surface area (Å²) in [6.45, 7) is 1.56. The highest BCUT2D eigenvalue weighted by molar-refractivity contribution is 6.09. The first-order chi connectivity index (χ1) is 10.2. The van der Waals surface area contributed by atoms with Crippen LogP contribution in [0.25, 0.3) is 21.8 Å². The first-order valence-corrected chi connectivity index (χ1v) is 7.05. The van der Waals surface area contributed by atoms with Crippen molar-refractivity contribution in [1.82, 2.24) is 9.88 Å². The van der Waals surface area contributed by atoms with Gasteiger partial charge in [-0.1, -0.05) is 12.1 Å². The molecule has 0 fully saturated rings. The van der Waals surface area contributed by atoms with Crippen LogP contribution >= 0.6 is 0 Å². The van der Waals surface area contributed by atoms with Gasteiger partial charge in [0, 0.05) is 22.8 Å². The molecule has 0 amide bonds. The Morgan fingerprint density at radius 2 is 1.95 bits per heavy atom. The molecule has 21 heavy (non-hydrogen) atoms. The molecule has 0 spiro atoms. The van der Waals surface area contributed by atoms with Crippen LogP contribution in [0.5, 0.6) is 11.5 Å². The predicted molar refractivity (Wildman–Crippen MR) is 86.4 cm³/mol. The third-order valence-corrected chi connectivity index (χ3v) is 3.60. The van der Waals surface area contributed by atoms with Gasteiger partial charge in [0.05, 0.1) is 12.6 Å². The zero-order valence-corrected chi connectivity index (χ0v) is 12.6. The molecule has 1 heterocycles. The van der Waals surface area contributed by atoms with Gasteiger partial charge in [-0.3, -0.25) is 0 Å². The number of aromatic nitrogens is 1. The van der Waals surface area contributed by atoms with E-state index in [1.54, 1.807) is 7.11 Å². The fourth-order valence-corrected chi connectivity index (χ4v) is 2.46. The summed E-state index contributed by atoms with van der Waals surface area (Å²) in [4.78, 5) is 5.55. The summed E-state index contributed by atoms with van der Waals surface area (Å²) in [6, 6.07) is 12.2.